The van der Waals surface area contributed by atoms with E-state index in [1.165, 1.54) is 34.8 Å². The van der Waals surface area contributed by atoms with Gasteiger partial charge in [0, 0.05) is 4.88 Å². The van der Waals surface area contributed by atoms with Crippen molar-refractivity contribution < 1.29 is 9.18 Å². The molecule has 0 saturated heterocycles. The number of aryl methyl sites for hydroxylation is 2. The van der Waals surface area contributed by atoms with E-state index < -0.39 is 5.91 Å². The van der Waals surface area contributed by atoms with Crippen LogP contribution in [-0.2, 0) is 0 Å². The highest BCUT2D eigenvalue weighted by molar-refractivity contribution is 7.15. The minimum absolute atomic E-state index is 0.0215. The number of carbonyl (C=O) groups is 1. The Balaban J connectivity index is 1.72. The van der Waals surface area contributed by atoms with Gasteiger partial charge in [-0.15, -0.1) is 27.8 Å². The van der Waals surface area contributed by atoms with Crippen molar-refractivity contribution in [2.45, 2.75) is 13.8 Å². The van der Waals surface area contributed by atoms with Crippen LogP contribution in [0.5, 0.6) is 0 Å². The quantitative estimate of drug-likeness (QED) is 0.550. The maximum atomic E-state index is 13.3. The van der Waals surface area contributed by atoms with Gasteiger partial charge < -0.3 is 0 Å². The van der Waals surface area contributed by atoms with Gasteiger partial charge in [-0.25, -0.2) is 19.0 Å². The summed E-state index contributed by atoms with van der Waals surface area (Å²) in [5, 5.41) is 9.51. The summed E-state index contributed by atoms with van der Waals surface area (Å²) in [5.41, 5.74) is 1.49. The van der Waals surface area contributed by atoms with Crippen LogP contribution in [0.25, 0.3) is 16.4 Å². The van der Waals surface area contributed by atoms with Crippen molar-refractivity contribution in [3.8, 4) is 16.4 Å². The molecule has 136 valence electrons. The zero-order valence-electron chi connectivity index (χ0n) is 14.4. The Bertz CT molecular complexity index is 1080. The first-order chi connectivity index (χ1) is 13.0. The molecule has 3 aromatic heterocycles. The highest BCUT2D eigenvalue weighted by Gasteiger charge is 2.20. The molecule has 0 spiro atoms. The molecule has 0 aliphatic heterocycles. The van der Waals surface area contributed by atoms with Gasteiger partial charge in [-0.2, -0.15) is 0 Å². The van der Waals surface area contributed by atoms with Crippen LogP contribution in [0.3, 0.4) is 0 Å². The number of benzene rings is 1. The van der Waals surface area contributed by atoms with Gasteiger partial charge in [-0.05, 0) is 49.6 Å². The van der Waals surface area contributed by atoms with Gasteiger partial charge in [0.05, 0.1) is 16.3 Å². The monoisotopic (exact) mass is 399 g/mol. The van der Waals surface area contributed by atoms with Crippen molar-refractivity contribution in [2.75, 3.05) is 5.32 Å². The molecular weight excluding hydrogens is 385 g/mol. The van der Waals surface area contributed by atoms with Gasteiger partial charge >= 0.3 is 0 Å². The van der Waals surface area contributed by atoms with Crippen molar-refractivity contribution in [3.05, 3.63) is 64.0 Å². The van der Waals surface area contributed by atoms with Crippen molar-refractivity contribution in [1.82, 2.24) is 19.7 Å². The molecule has 1 N–H and O–H groups in total. The van der Waals surface area contributed by atoms with E-state index in [-0.39, 0.29) is 11.6 Å². The third kappa shape index (κ3) is 3.51. The van der Waals surface area contributed by atoms with Crippen LogP contribution < -0.4 is 5.32 Å². The summed E-state index contributed by atoms with van der Waals surface area (Å²) in [5.74, 6) is -0.243. The summed E-state index contributed by atoms with van der Waals surface area (Å²) < 4.78 is 14.8. The molecule has 27 heavy (non-hydrogen) atoms. The Labute approximate surface area is 162 Å². The standard InChI is InChI=1S/C18H14FN5OS2/c1-10-11(2)27-18(20-10)22-17(25)15-21-16(14-4-3-9-26-14)24(23-15)13-7-5-12(19)6-8-13/h3-9H,1-2H3,(H,20,22,25). The molecule has 6 nitrogen and oxygen atoms in total. The van der Waals surface area contributed by atoms with Gasteiger partial charge in [0.1, 0.15) is 5.82 Å². The average molecular weight is 399 g/mol. The van der Waals surface area contributed by atoms with Crippen LogP contribution >= 0.6 is 22.7 Å². The molecule has 1 aromatic carbocycles. The normalized spacial score (nSPS) is 10.9. The maximum Gasteiger partial charge on any atom is 0.297 e. The third-order valence-electron chi connectivity index (χ3n) is 3.87. The number of thiazole rings is 1. The van der Waals surface area contributed by atoms with Gasteiger partial charge in [-0.3, -0.25) is 10.1 Å². The van der Waals surface area contributed by atoms with Crippen molar-refractivity contribution in [2.24, 2.45) is 0 Å². The van der Waals surface area contributed by atoms with Crippen molar-refractivity contribution in [1.29, 1.82) is 0 Å². The first kappa shape index (κ1) is 17.5. The number of thiophene rings is 1. The van der Waals surface area contributed by atoms with E-state index in [4.69, 9.17) is 0 Å². The number of halogens is 1. The number of nitrogens with zero attached hydrogens (tertiary/aromatic N) is 4. The number of hydrogen-bond acceptors (Lipinski definition) is 6. The van der Waals surface area contributed by atoms with Gasteiger partial charge in [0.15, 0.2) is 11.0 Å². The molecule has 9 heteroatoms. The van der Waals surface area contributed by atoms with Crippen LogP contribution in [0.4, 0.5) is 9.52 Å². The Morgan fingerprint density at radius 2 is 1.93 bits per heavy atom. The van der Waals surface area contributed by atoms with Crippen LogP contribution in [-0.4, -0.2) is 25.7 Å². The molecule has 0 atom stereocenters. The van der Waals surface area contributed by atoms with Crippen LogP contribution in [0.2, 0.25) is 0 Å². The van der Waals surface area contributed by atoms with E-state index in [0.717, 1.165) is 15.4 Å². The van der Waals surface area contributed by atoms with Crippen molar-refractivity contribution in [3.63, 3.8) is 0 Å². The smallest absolute Gasteiger partial charge is 0.295 e. The molecule has 0 aliphatic carbocycles. The molecule has 0 radical (unpaired) electrons. The summed E-state index contributed by atoms with van der Waals surface area (Å²) in [6.45, 7) is 3.83. The van der Waals surface area contributed by atoms with E-state index in [1.54, 1.807) is 16.8 Å². The maximum absolute atomic E-state index is 13.3. The molecular formula is C18H14FN5OS2. The largest absolute Gasteiger partial charge is 0.297 e. The fraction of sp³-hybridized carbons (Fsp3) is 0.111. The molecule has 4 rings (SSSR count). The average Bonchev–Trinajstić information content (AvgIpc) is 3.36. The topological polar surface area (TPSA) is 72.7 Å². The fourth-order valence-electron chi connectivity index (χ4n) is 2.42. The second-order valence-corrected chi connectivity index (χ2v) is 7.89. The summed E-state index contributed by atoms with van der Waals surface area (Å²) in [7, 11) is 0. The molecule has 0 unspecified atom stereocenters. The van der Waals surface area contributed by atoms with E-state index in [2.05, 4.69) is 20.4 Å². The van der Waals surface area contributed by atoms with Crippen LogP contribution in [0.1, 0.15) is 21.2 Å². The number of aromatic nitrogens is 4. The zero-order valence-corrected chi connectivity index (χ0v) is 16.1. The van der Waals surface area contributed by atoms with Crippen molar-refractivity contribution >= 4 is 33.7 Å². The van der Waals surface area contributed by atoms with Gasteiger partial charge in [0.2, 0.25) is 5.82 Å². The van der Waals surface area contributed by atoms with Gasteiger partial charge in [0.25, 0.3) is 5.91 Å². The molecule has 0 bridgehead atoms. The minimum Gasteiger partial charge on any atom is -0.295 e. The predicted octanol–water partition coefficient (Wildman–Crippen LogP) is 4.46. The van der Waals surface area contributed by atoms with Gasteiger partial charge in [-0.1, -0.05) is 6.07 Å². The SMILES string of the molecule is Cc1nc(NC(=O)c2nc(-c3cccs3)n(-c3ccc(F)cc3)n2)sc1C. The summed E-state index contributed by atoms with van der Waals surface area (Å²) >= 11 is 2.88. The summed E-state index contributed by atoms with van der Waals surface area (Å²) in [4.78, 5) is 23.2. The number of hydrogen-bond donors (Lipinski definition) is 1. The number of rotatable bonds is 4. The molecule has 3 heterocycles. The minimum atomic E-state index is -0.442. The highest BCUT2D eigenvalue weighted by Crippen LogP contribution is 2.26. The van der Waals surface area contributed by atoms with Crippen LogP contribution in [0, 0.1) is 19.7 Å². The Morgan fingerprint density at radius 1 is 1.15 bits per heavy atom. The summed E-state index contributed by atoms with van der Waals surface area (Å²) in [6, 6.07) is 9.66. The molecule has 1 amide bonds. The molecule has 0 aliphatic rings. The van der Waals surface area contributed by atoms with E-state index >= 15 is 0 Å². The molecule has 0 saturated carbocycles. The van der Waals surface area contributed by atoms with Crippen LogP contribution in [0.15, 0.2) is 41.8 Å². The number of carbonyl (C=O) groups excluding carboxylic acids is 1. The lowest BCUT2D eigenvalue weighted by molar-refractivity contribution is 0.101. The predicted molar refractivity (Wildman–Crippen MR) is 104 cm³/mol. The Kier molecular flexibility index (Phi) is 4.54. The fourth-order valence-corrected chi connectivity index (χ4v) is 3.92. The lowest BCUT2D eigenvalue weighted by atomic mass is 10.3. The first-order valence-corrected chi connectivity index (χ1v) is 9.73. The second kappa shape index (κ2) is 7.01. The number of nitrogens with one attached hydrogen (secondary N) is 1. The highest BCUT2D eigenvalue weighted by atomic mass is 32.1. The molecule has 4 aromatic rings. The Morgan fingerprint density at radius 3 is 2.56 bits per heavy atom. The van der Waals surface area contributed by atoms with E-state index in [0.29, 0.717) is 16.6 Å². The number of amides is 1. The van der Waals surface area contributed by atoms with E-state index in [9.17, 15) is 9.18 Å². The lowest BCUT2D eigenvalue weighted by Crippen LogP contribution is -2.14. The zero-order chi connectivity index (χ0) is 19.0. The second-order valence-electron chi connectivity index (χ2n) is 5.74. The molecule has 0 fully saturated rings. The lowest BCUT2D eigenvalue weighted by Gasteiger charge is -2.03. The summed E-state index contributed by atoms with van der Waals surface area (Å²) in [6.07, 6.45) is 0. The third-order valence-corrected chi connectivity index (χ3v) is 5.73. The Hall–Kier alpha value is -2.91. The number of anilines is 1. The van der Waals surface area contributed by atoms with E-state index in [1.807, 2.05) is 31.4 Å². The first-order valence-electron chi connectivity index (χ1n) is 8.03.